The number of carbonyl (C=O) groups is 1. The first kappa shape index (κ1) is 17.7. The Morgan fingerprint density at radius 3 is 2.85 bits per heavy atom. The molecule has 2 aliphatic heterocycles. The second-order valence-electron chi connectivity index (χ2n) is 7.79. The number of methoxy groups -OCH3 is 1. The van der Waals surface area contributed by atoms with Gasteiger partial charge < -0.3 is 14.4 Å². The summed E-state index contributed by atoms with van der Waals surface area (Å²) >= 11 is 0. The fourth-order valence-electron chi connectivity index (χ4n) is 4.88. The highest BCUT2D eigenvalue weighted by Gasteiger charge is 2.53. The van der Waals surface area contributed by atoms with Gasteiger partial charge in [-0.3, -0.25) is 9.69 Å². The van der Waals surface area contributed by atoms with Crippen LogP contribution in [0.1, 0.15) is 38.5 Å². The molecule has 2 saturated heterocycles. The molecular weight excluding hydrogens is 330 g/mol. The molecule has 1 aromatic heterocycles. The SMILES string of the molecule is CO[C@@]12CC[C@H](Oc3ccccn3)C[C@@H]1N(C(=O)CN1CCCC1)CC2. The van der Waals surface area contributed by atoms with Crippen LogP contribution < -0.4 is 4.74 Å². The Morgan fingerprint density at radius 2 is 2.12 bits per heavy atom. The van der Waals surface area contributed by atoms with Gasteiger partial charge in [-0.25, -0.2) is 4.98 Å². The summed E-state index contributed by atoms with van der Waals surface area (Å²) in [6.45, 7) is 3.43. The number of fused-ring (bicyclic) bond motifs is 1. The van der Waals surface area contributed by atoms with Crippen molar-refractivity contribution in [3.05, 3.63) is 24.4 Å². The maximum atomic E-state index is 13.0. The summed E-state index contributed by atoms with van der Waals surface area (Å²) in [5, 5.41) is 0. The van der Waals surface area contributed by atoms with Gasteiger partial charge in [-0.1, -0.05) is 6.07 Å². The molecule has 3 aliphatic rings. The minimum absolute atomic E-state index is 0.0818. The van der Waals surface area contributed by atoms with E-state index in [1.54, 1.807) is 13.3 Å². The molecule has 3 fully saturated rings. The van der Waals surface area contributed by atoms with Crippen LogP contribution in [0.15, 0.2) is 24.4 Å². The van der Waals surface area contributed by atoms with Gasteiger partial charge in [0, 0.05) is 32.3 Å². The largest absolute Gasteiger partial charge is 0.474 e. The summed E-state index contributed by atoms with van der Waals surface area (Å²) in [4.78, 5) is 21.6. The van der Waals surface area contributed by atoms with Crippen molar-refractivity contribution >= 4 is 5.91 Å². The lowest BCUT2D eigenvalue weighted by Gasteiger charge is -2.43. The maximum absolute atomic E-state index is 13.0. The topological polar surface area (TPSA) is 54.9 Å². The normalized spacial score (nSPS) is 31.8. The molecule has 26 heavy (non-hydrogen) atoms. The third-order valence-electron chi connectivity index (χ3n) is 6.34. The monoisotopic (exact) mass is 359 g/mol. The zero-order chi connectivity index (χ0) is 18.0. The minimum atomic E-state index is -0.204. The summed E-state index contributed by atoms with van der Waals surface area (Å²) in [5.41, 5.74) is -0.204. The molecular formula is C20H29N3O3. The lowest BCUT2D eigenvalue weighted by Crippen LogP contribution is -2.54. The number of ether oxygens (including phenoxy) is 2. The van der Waals surface area contributed by atoms with E-state index >= 15 is 0 Å². The Hall–Kier alpha value is -1.66. The zero-order valence-electron chi connectivity index (χ0n) is 15.6. The predicted octanol–water partition coefficient (Wildman–Crippen LogP) is 2.09. The van der Waals surface area contributed by atoms with Crippen molar-refractivity contribution in [2.75, 3.05) is 33.3 Å². The van der Waals surface area contributed by atoms with Gasteiger partial charge in [0.15, 0.2) is 0 Å². The molecule has 0 aromatic carbocycles. The zero-order valence-corrected chi connectivity index (χ0v) is 15.6. The van der Waals surface area contributed by atoms with E-state index in [0.717, 1.165) is 45.3 Å². The smallest absolute Gasteiger partial charge is 0.237 e. The van der Waals surface area contributed by atoms with E-state index in [1.807, 2.05) is 18.2 Å². The number of hydrogen-bond donors (Lipinski definition) is 0. The van der Waals surface area contributed by atoms with Gasteiger partial charge in [-0.15, -0.1) is 0 Å². The van der Waals surface area contributed by atoms with Crippen LogP contribution in [0.5, 0.6) is 5.88 Å². The van der Waals surface area contributed by atoms with Gasteiger partial charge in [0.1, 0.15) is 6.10 Å². The molecule has 6 heteroatoms. The Labute approximate surface area is 155 Å². The van der Waals surface area contributed by atoms with E-state index in [0.29, 0.717) is 12.4 Å². The average molecular weight is 359 g/mol. The number of rotatable bonds is 5. The fourth-order valence-corrected chi connectivity index (χ4v) is 4.88. The van der Waals surface area contributed by atoms with E-state index in [-0.39, 0.29) is 23.7 Å². The first-order chi connectivity index (χ1) is 12.7. The van der Waals surface area contributed by atoms with Gasteiger partial charge in [-0.05, 0) is 51.3 Å². The van der Waals surface area contributed by atoms with Crippen LogP contribution in [-0.2, 0) is 9.53 Å². The molecule has 0 unspecified atom stereocenters. The molecule has 4 rings (SSSR count). The van der Waals surface area contributed by atoms with Crippen molar-refractivity contribution in [1.29, 1.82) is 0 Å². The Kier molecular flexibility index (Phi) is 5.14. The molecule has 142 valence electrons. The van der Waals surface area contributed by atoms with Gasteiger partial charge in [0.2, 0.25) is 11.8 Å². The Morgan fingerprint density at radius 1 is 1.27 bits per heavy atom. The highest BCUT2D eigenvalue weighted by atomic mass is 16.5. The third-order valence-corrected chi connectivity index (χ3v) is 6.34. The Balaban J connectivity index is 1.44. The van der Waals surface area contributed by atoms with Crippen LogP contribution in [0.25, 0.3) is 0 Å². The van der Waals surface area contributed by atoms with Crippen molar-refractivity contribution in [2.24, 2.45) is 0 Å². The summed E-state index contributed by atoms with van der Waals surface area (Å²) in [7, 11) is 1.79. The number of pyridine rings is 1. The predicted molar refractivity (Wildman–Crippen MR) is 98.0 cm³/mol. The number of amides is 1. The van der Waals surface area contributed by atoms with Crippen LogP contribution in [0.2, 0.25) is 0 Å². The standard InChI is InChI=1S/C20H29N3O3/c1-25-20-8-7-16(26-18-6-2-3-10-21-18)14-17(20)23(13-9-20)19(24)15-22-11-4-5-12-22/h2-3,6,10,16-17H,4-5,7-9,11-15H2,1H3/t16-,17-,20+/m0/s1. The molecule has 0 spiro atoms. The van der Waals surface area contributed by atoms with E-state index in [1.165, 1.54) is 12.8 Å². The first-order valence-corrected chi connectivity index (χ1v) is 9.85. The quantitative estimate of drug-likeness (QED) is 0.806. The van der Waals surface area contributed by atoms with Crippen LogP contribution in [0, 0.1) is 0 Å². The highest BCUT2D eigenvalue weighted by Crippen LogP contribution is 2.43. The maximum Gasteiger partial charge on any atom is 0.237 e. The minimum Gasteiger partial charge on any atom is -0.474 e. The summed E-state index contributed by atoms with van der Waals surface area (Å²) in [6.07, 6.45) is 7.86. The van der Waals surface area contributed by atoms with E-state index in [2.05, 4.69) is 14.8 Å². The molecule has 1 saturated carbocycles. The molecule has 3 heterocycles. The van der Waals surface area contributed by atoms with Crippen LogP contribution >= 0.6 is 0 Å². The van der Waals surface area contributed by atoms with Crippen molar-refractivity contribution < 1.29 is 14.3 Å². The lowest BCUT2D eigenvalue weighted by molar-refractivity contribution is -0.140. The van der Waals surface area contributed by atoms with Gasteiger partial charge in [-0.2, -0.15) is 0 Å². The summed E-state index contributed by atoms with van der Waals surface area (Å²) in [6, 6.07) is 5.82. The van der Waals surface area contributed by atoms with Crippen LogP contribution in [-0.4, -0.2) is 71.7 Å². The summed E-state index contributed by atoms with van der Waals surface area (Å²) in [5.74, 6) is 0.907. The molecule has 0 bridgehead atoms. The molecule has 0 N–H and O–H groups in total. The van der Waals surface area contributed by atoms with Crippen LogP contribution in [0.4, 0.5) is 0 Å². The third kappa shape index (κ3) is 3.45. The molecule has 0 radical (unpaired) electrons. The lowest BCUT2D eigenvalue weighted by atomic mass is 9.79. The number of aromatic nitrogens is 1. The first-order valence-electron chi connectivity index (χ1n) is 9.85. The number of nitrogens with zero attached hydrogens (tertiary/aromatic N) is 3. The average Bonchev–Trinajstić information content (AvgIpc) is 3.30. The van der Waals surface area contributed by atoms with Crippen molar-refractivity contribution in [2.45, 2.75) is 56.3 Å². The molecule has 1 amide bonds. The van der Waals surface area contributed by atoms with Gasteiger partial charge in [0.05, 0.1) is 18.2 Å². The second-order valence-corrected chi connectivity index (χ2v) is 7.79. The van der Waals surface area contributed by atoms with Gasteiger partial charge in [0.25, 0.3) is 0 Å². The fraction of sp³-hybridized carbons (Fsp3) is 0.700. The molecule has 1 aromatic rings. The number of likely N-dealkylation sites (tertiary alicyclic amines) is 2. The number of hydrogen-bond acceptors (Lipinski definition) is 5. The van der Waals surface area contributed by atoms with Gasteiger partial charge >= 0.3 is 0 Å². The van der Waals surface area contributed by atoms with Crippen LogP contribution in [0.3, 0.4) is 0 Å². The molecule has 3 atom stereocenters. The summed E-state index contributed by atoms with van der Waals surface area (Å²) < 4.78 is 12.1. The highest BCUT2D eigenvalue weighted by molar-refractivity contribution is 5.79. The van der Waals surface area contributed by atoms with Crippen molar-refractivity contribution in [1.82, 2.24) is 14.8 Å². The van der Waals surface area contributed by atoms with Crippen molar-refractivity contribution in [3.63, 3.8) is 0 Å². The van der Waals surface area contributed by atoms with Crippen molar-refractivity contribution in [3.8, 4) is 5.88 Å². The molecule has 6 nitrogen and oxygen atoms in total. The van der Waals surface area contributed by atoms with E-state index < -0.39 is 0 Å². The van der Waals surface area contributed by atoms with E-state index in [9.17, 15) is 4.79 Å². The Bertz CT molecular complexity index is 620. The number of carbonyl (C=O) groups excluding carboxylic acids is 1. The van der Waals surface area contributed by atoms with E-state index in [4.69, 9.17) is 9.47 Å². The second kappa shape index (κ2) is 7.53. The molecule has 1 aliphatic carbocycles.